The van der Waals surface area contributed by atoms with Gasteiger partial charge in [-0.05, 0) is 22.9 Å². The molecule has 4 heteroatoms. The summed E-state index contributed by atoms with van der Waals surface area (Å²) in [6, 6.07) is 0. The van der Waals surface area contributed by atoms with Crippen LogP contribution in [0.4, 0.5) is 0 Å². The minimum absolute atomic E-state index is 0.792. The van der Waals surface area contributed by atoms with Gasteiger partial charge in [0, 0.05) is 6.54 Å². The summed E-state index contributed by atoms with van der Waals surface area (Å²) in [6.07, 6.45) is 1.68. The van der Waals surface area contributed by atoms with Crippen LogP contribution in [0.15, 0.2) is 11.1 Å². The van der Waals surface area contributed by atoms with Crippen molar-refractivity contribution in [3.63, 3.8) is 0 Å². The Hall–Kier alpha value is -0.380. The Morgan fingerprint density at radius 2 is 2.62 bits per heavy atom. The van der Waals surface area contributed by atoms with Crippen LogP contribution in [0.5, 0.6) is 0 Å². The summed E-state index contributed by atoms with van der Waals surface area (Å²) in [6.45, 7) is 2.95. The van der Waals surface area contributed by atoms with E-state index < -0.39 is 0 Å². The first-order chi connectivity index (χ1) is 3.84. The molecule has 0 atom stereocenters. The predicted molar refractivity (Wildman–Crippen MR) is 33.4 cm³/mol. The summed E-state index contributed by atoms with van der Waals surface area (Å²) in [7, 11) is 0. The predicted octanol–water partition coefficient (Wildman–Crippen LogP) is 1.06. The van der Waals surface area contributed by atoms with Crippen molar-refractivity contribution >= 4 is 15.9 Å². The third kappa shape index (κ3) is 0.888. The van der Waals surface area contributed by atoms with Crippen molar-refractivity contribution in [1.29, 1.82) is 0 Å². The highest BCUT2D eigenvalue weighted by Gasteiger charge is 1.92. The molecule has 0 fully saturated rings. The number of rotatable bonds is 1. The van der Waals surface area contributed by atoms with Gasteiger partial charge >= 0.3 is 0 Å². The molecule has 1 rings (SSSR count). The Morgan fingerprint density at radius 1 is 1.88 bits per heavy atom. The summed E-state index contributed by atoms with van der Waals surface area (Å²) in [5.41, 5.74) is 0. The fraction of sp³-hybridized carbons (Fsp3) is 0.500. The molecule has 1 aromatic rings. The molecule has 0 aliphatic carbocycles. The third-order valence-electron chi connectivity index (χ3n) is 0.909. The van der Waals surface area contributed by atoms with Crippen molar-refractivity contribution in [3.05, 3.63) is 11.1 Å². The molecular weight excluding hydrogens is 170 g/mol. The number of aryl methyl sites for hydroxylation is 1. The fourth-order valence-electron chi connectivity index (χ4n) is 0.453. The van der Waals surface area contributed by atoms with Crippen LogP contribution in [0.25, 0.3) is 0 Å². The lowest BCUT2D eigenvalue weighted by Crippen LogP contribution is -1.90. The van der Waals surface area contributed by atoms with E-state index in [0.29, 0.717) is 0 Å². The fourth-order valence-corrected chi connectivity index (χ4v) is 0.887. The van der Waals surface area contributed by atoms with E-state index >= 15 is 0 Å². The first-order valence-electron chi connectivity index (χ1n) is 2.38. The third-order valence-corrected chi connectivity index (χ3v) is 1.52. The number of halogens is 1. The molecule has 0 aromatic carbocycles. The lowest BCUT2D eigenvalue weighted by molar-refractivity contribution is 0.739. The van der Waals surface area contributed by atoms with Crippen molar-refractivity contribution in [2.24, 2.45) is 0 Å². The van der Waals surface area contributed by atoms with Crippen LogP contribution in [0.2, 0.25) is 0 Å². The second-order valence-electron chi connectivity index (χ2n) is 1.39. The zero-order chi connectivity index (χ0) is 5.98. The van der Waals surface area contributed by atoms with Crippen molar-refractivity contribution in [1.82, 2.24) is 14.8 Å². The van der Waals surface area contributed by atoms with Crippen molar-refractivity contribution in [2.75, 3.05) is 0 Å². The molecule has 0 amide bonds. The second kappa shape index (κ2) is 2.26. The number of hydrogen-bond acceptors (Lipinski definition) is 2. The van der Waals surface area contributed by atoms with Crippen molar-refractivity contribution < 1.29 is 0 Å². The van der Waals surface area contributed by atoms with E-state index in [2.05, 4.69) is 26.1 Å². The molecule has 3 nitrogen and oxygen atoms in total. The Kier molecular flexibility index (Phi) is 1.62. The molecular formula is C4H6BrN3. The summed E-state index contributed by atoms with van der Waals surface area (Å²) in [4.78, 5) is 0. The Bertz CT molecular complexity index is 172. The van der Waals surface area contributed by atoms with Crippen LogP contribution in [-0.2, 0) is 6.54 Å². The minimum atomic E-state index is 0.792. The number of hydrogen-bond donors (Lipinski definition) is 0. The van der Waals surface area contributed by atoms with Gasteiger partial charge in [0.05, 0.1) is 0 Å². The lowest BCUT2D eigenvalue weighted by atomic mass is 10.7. The largest absolute Gasteiger partial charge is 0.309 e. The highest BCUT2D eigenvalue weighted by Crippen LogP contribution is 2.01. The SMILES string of the molecule is CCn1cnnc1Br. The van der Waals surface area contributed by atoms with Gasteiger partial charge in [-0.2, -0.15) is 0 Å². The van der Waals surface area contributed by atoms with Crippen LogP contribution in [0, 0.1) is 0 Å². The summed E-state index contributed by atoms with van der Waals surface area (Å²) < 4.78 is 2.69. The maximum atomic E-state index is 3.72. The second-order valence-corrected chi connectivity index (χ2v) is 2.10. The van der Waals surface area contributed by atoms with Crippen molar-refractivity contribution in [2.45, 2.75) is 13.5 Å². The molecule has 0 aliphatic heterocycles. The molecule has 0 radical (unpaired) electrons. The molecule has 0 saturated carbocycles. The zero-order valence-corrected chi connectivity index (χ0v) is 6.09. The standard InChI is InChI=1S/C4H6BrN3/c1-2-8-3-6-7-4(8)5/h3H,2H2,1H3. The van der Waals surface area contributed by atoms with E-state index in [1.165, 1.54) is 0 Å². The topological polar surface area (TPSA) is 30.7 Å². The molecule has 0 saturated heterocycles. The van der Waals surface area contributed by atoms with Gasteiger partial charge in [-0.15, -0.1) is 10.2 Å². The highest BCUT2D eigenvalue weighted by atomic mass is 79.9. The van der Waals surface area contributed by atoms with E-state index in [9.17, 15) is 0 Å². The smallest absolute Gasteiger partial charge is 0.199 e. The van der Waals surface area contributed by atoms with Crippen LogP contribution in [0.3, 0.4) is 0 Å². The van der Waals surface area contributed by atoms with E-state index in [1.54, 1.807) is 6.33 Å². The van der Waals surface area contributed by atoms with Crippen LogP contribution < -0.4 is 0 Å². The zero-order valence-electron chi connectivity index (χ0n) is 4.50. The quantitative estimate of drug-likeness (QED) is 0.640. The minimum Gasteiger partial charge on any atom is -0.309 e. The highest BCUT2D eigenvalue weighted by molar-refractivity contribution is 9.10. The normalized spacial score (nSPS) is 9.75. The average molecular weight is 176 g/mol. The van der Waals surface area contributed by atoms with Gasteiger partial charge in [-0.3, -0.25) is 0 Å². The van der Waals surface area contributed by atoms with Crippen LogP contribution in [0.1, 0.15) is 6.92 Å². The van der Waals surface area contributed by atoms with Gasteiger partial charge in [0.2, 0.25) is 0 Å². The molecule has 0 bridgehead atoms. The van der Waals surface area contributed by atoms with Gasteiger partial charge in [0.15, 0.2) is 4.73 Å². The van der Waals surface area contributed by atoms with Crippen LogP contribution in [-0.4, -0.2) is 14.8 Å². The monoisotopic (exact) mass is 175 g/mol. The average Bonchev–Trinajstić information content (AvgIpc) is 2.14. The number of aromatic nitrogens is 3. The molecule has 8 heavy (non-hydrogen) atoms. The molecule has 0 unspecified atom stereocenters. The van der Waals surface area contributed by atoms with Gasteiger partial charge in [0.1, 0.15) is 6.33 Å². The molecule has 44 valence electrons. The van der Waals surface area contributed by atoms with E-state index in [4.69, 9.17) is 0 Å². The Balaban J connectivity index is 2.92. The van der Waals surface area contributed by atoms with Gasteiger partial charge < -0.3 is 4.57 Å². The maximum absolute atomic E-state index is 3.72. The summed E-state index contributed by atoms with van der Waals surface area (Å²) in [5.74, 6) is 0. The summed E-state index contributed by atoms with van der Waals surface area (Å²) >= 11 is 3.22. The van der Waals surface area contributed by atoms with E-state index in [0.717, 1.165) is 11.3 Å². The van der Waals surface area contributed by atoms with Gasteiger partial charge in [-0.25, -0.2) is 0 Å². The lowest BCUT2D eigenvalue weighted by Gasteiger charge is -1.91. The molecule has 1 heterocycles. The molecule has 1 aromatic heterocycles. The molecule has 0 aliphatic rings. The number of nitrogens with zero attached hydrogens (tertiary/aromatic N) is 3. The Morgan fingerprint density at radius 3 is 2.88 bits per heavy atom. The van der Waals surface area contributed by atoms with Crippen molar-refractivity contribution in [3.8, 4) is 0 Å². The van der Waals surface area contributed by atoms with E-state index in [1.807, 2.05) is 11.5 Å². The Labute approximate surface area is 55.9 Å². The first-order valence-corrected chi connectivity index (χ1v) is 3.17. The first kappa shape index (κ1) is 5.75. The molecule has 0 N–H and O–H groups in total. The molecule has 0 spiro atoms. The van der Waals surface area contributed by atoms with Gasteiger partial charge in [-0.1, -0.05) is 0 Å². The van der Waals surface area contributed by atoms with Gasteiger partial charge in [0.25, 0.3) is 0 Å². The van der Waals surface area contributed by atoms with E-state index in [-0.39, 0.29) is 0 Å². The van der Waals surface area contributed by atoms with Crippen LogP contribution >= 0.6 is 15.9 Å². The summed E-state index contributed by atoms with van der Waals surface area (Å²) in [5, 5.41) is 7.38. The maximum Gasteiger partial charge on any atom is 0.199 e.